The Hall–Kier alpha value is -0.910. The first-order chi connectivity index (χ1) is 14.4. The highest BCUT2D eigenvalue weighted by molar-refractivity contribution is 5.75. The first-order valence-electron chi connectivity index (χ1n) is 12.3. The highest BCUT2D eigenvalue weighted by Gasteiger charge is 2.66. The Labute approximate surface area is 187 Å². The van der Waals surface area contributed by atoms with E-state index in [1.807, 2.05) is 27.7 Å². The van der Waals surface area contributed by atoms with Gasteiger partial charge in [0.25, 0.3) is 0 Å². The molecule has 0 aromatic heterocycles. The molecule has 0 amide bonds. The lowest BCUT2D eigenvalue weighted by atomic mass is 9.46. The van der Waals surface area contributed by atoms with Crippen molar-refractivity contribution in [1.82, 2.24) is 0 Å². The lowest BCUT2D eigenvalue weighted by molar-refractivity contribution is -0.168. The second-order valence-corrected chi connectivity index (χ2v) is 12.3. The minimum atomic E-state index is -0.911. The first kappa shape index (κ1) is 23.3. The molecule has 0 spiro atoms. The quantitative estimate of drug-likeness (QED) is 0.462. The van der Waals surface area contributed by atoms with Crippen molar-refractivity contribution >= 4 is 5.97 Å². The van der Waals surface area contributed by atoms with Gasteiger partial charge in [0, 0.05) is 23.4 Å². The van der Waals surface area contributed by atoms with E-state index in [1.165, 1.54) is 0 Å². The third-order valence-electron chi connectivity index (χ3n) is 9.78. The lowest BCUT2D eigenvalue weighted by Gasteiger charge is -2.60. The molecular weight excluding hydrogens is 392 g/mol. The van der Waals surface area contributed by atoms with Gasteiger partial charge in [0.05, 0.1) is 17.1 Å². The number of rotatable bonds is 3. The van der Waals surface area contributed by atoms with Gasteiger partial charge in [0.15, 0.2) is 0 Å². The monoisotopic (exact) mass is 434 g/mol. The average molecular weight is 435 g/mol. The summed E-state index contributed by atoms with van der Waals surface area (Å²) in [6.45, 7) is 9.92. The predicted molar refractivity (Wildman–Crippen MR) is 119 cm³/mol. The molecule has 4 aliphatic carbocycles. The van der Waals surface area contributed by atoms with Gasteiger partial charge in [0.1, 0.15) is 6.10 Å². The Kier molecular flexibility index (Phi) is 5.67. The molecule has 8 atom stereocenters. The summed E-state index contributed by atoms with van der Waals surface area (Å²) in [5.41, 5.74) is -0.888. The van der Waals surface area contributed by atoms with Gasteiger partial charge in [-0.05, 0) is 96.5 Å². The molecule has 0 bridgehead atoms. The largest absolute Gasteiger partial charge is 0.462 e. The van der Waals surface area contributed by atoms with Crippen molar-refractivity contribution in [3.8, 4) is 0 Å². The van der Waals surface area contributed by atoms with Gasteiger partial charge >= 0.3 is 5.97 Å². The molecule has 0 heterocycles. The van der Waals surface area contributed by atoms with Crippen LogP contribution in [0.15, 0.2) is 11.6 Å². The van der Waals surface area contributed by atoms with Crippen LogP contribution < -0.4 is 0 Å². The minimum absolute atomic E-state index is 0.113. The molecule has 5 nitrogen and oxygen atoms in total. The molecule has 3 fully saturated rings. The van der Waals surface area contributed by atoms with Gasteiger partial charge in [-0.25, -0.2) is 0 Å². The molecule has 0 aromatic rings. The summed E-state index contributed by atoms with van der Waals surface area (Å²) in [5.74, 6) is 0.383. The van der Waals surface area contributed by atoms with Gasteiger partial charge in [0.2, 0.25) is 0 Å². The molecule has 0 aliphatic heterocycles. The van der Waals surface area contributed by atoms with Crippen LogP contribution in [-0.4, -0.2) is 45.7 Å². The molecule has 0 saturated heterocycles. The van der Waals surface area contributed by atoms with E-state index in [-0.39, 0.29) is 53.4 Å². The first-order valence-corrected chi connectivity index (χ1v) is 12.3. The number of carbonyl (C=O) groups excluding carboxylic acids is 1. The maximum Gasteiger partial charge on any atom is 0.311 e. The number of aliphatic hydroxyl groups excluding tert-OH is 2. The third kappa shape index (κ3) is 3.33. The fourth-order valence-electron chi connectivity index (χ4n) is 7.82. The number of ether oxygens (including phenoxy) is 1. The molecule has 4 aliphatic rings. The summed E-state index contributed by atoms with van der Waals surface area (Å²) in [6.07, 6.45) is 8.19. The SMILES string of the molecule is C[C@H](OC(=O)C(C)(C)C)[C@H]1CC[C@]2(O)C3=CC[C@H]4C[C@@H](O)CC[C@]4(CO)[C@H]3CC[C@]12C. The van der Waals surface area contributed by atoms with Gasteiger partial charge in [-0.15, -0.1) is 0 Å². The molecule has 0 unspecified atom stereocenters. The number of hydrogen-bond acceptors (Lipinski definition) is 5. The molecule has 3 saturated carbocycles. The number of carbonyl (C=O) groups is 1. The van der Waals surface area contributed by atoms with Crippen molar-refractivity contribution in [3.63, 3.8) is 0 Å². The van der Waals surface area contributed by atoms with E-state index in [2.05, 4.69) is 13.0 Å². The lowest BCUT2D eigenvalue weighted by Crippen LogP contribution is -2.59. The standard InChI is InChI=1S/C26H42O5/c1-16(31-22(29)23(2,3)4)19-10-13-26(30)21-7-6-17-14-18(28)8-12-25(17,15-27)20(21)9-11-24(19,26)5/h7,16-20,27-28,30H,6,8-15H2,1-5H3/t16-,17-,18-,19+,20-,24+,25+,26-/m0/s1. The van der Waals surface area contributed by atoms with Crippen LogP contribution in [0.5, 0.6) is 0 Å². The van der Waals surface area contributed by atoms with Crippen LogP contribution in [-0.2, 0) is 9.53 Å². The van der Waals surface area contributed by atoms with E-state index in [1.54, 1.807) is 0 Å². The Bertz CT molecular complexity index is 753. The Balaban J connectivity index is 1.63. The number of aliphatic hydroxyl groups is 3. The fraction of sp³-hybridized carbons (Fsp3) is 0.885. The maximum atomic E-state index is 12.5. The van der Waals surface area contributed by atoms with Gasteiger partial charge in [-0.2, -0.15) is 0 Å². The third-order valence-corrected chi connectivity index (χ3v) is 9.78. The smallest absolute Gasteiger partial charge is 0.311 e. The molecular formula is C26H42O5. The highest BCUT2D eigenvalue weighted by Crippen LogP contribution is 2.68. The summed E-state index contributed by atoms with van der Waals surface area (Å²) in [5, 5.41) is 33.0. The number of fused-ring (bicyclic) bond motifs is 5. The average Bonchev–Trinajstić information content (AvgIpc) is 2.98. The van der Waals surface area contributed by atoms with Crippen LogP contribution in [0.1, 0.15) is 86.0 Å². The zero-order chi connectivity index (χ0) is 22.8. The van der Waals surface area contributed by atoms with E-state index in [9.17, 15) is 20.1 Å². The van der Waals surface area contributed by atoms with E-state index in [0.29, 0.717) is 6.42 Å². The molecule has 3 N–H and O–H groups in total. The molecule has 0 aromatic carbocycles. The van der Waals surface area contributed by atoms with E-state index < -0.39 is 11.0 Å². The van der Waals surface area contributed by atoms with Crippen molar-refractivity contribution < 1.29 is 24.9 Å². The van der Waals surface area contributed by atoms with Crippen molar-refractivity contribution in [2.24, 2.45) is 34.0 Å². The van der Waals surface area contributed by atoms with Crippen LogP contribution in [0, 0.1) is 34.0 Å². The van der Waals surface area contributed by atoms with Gasteiger partial charge in [-0.1, -0.05) is 13.0 Å². The van der Waals surface area contributed by atoms with Gasteiger partial charge in [-0.3, -0.25) is 4.79 Å². The van der Waals surface area contributed by atoms with Gasteiger partial charge < -0.3 is 20.1 Å². The Morgan fingerprint density at radius 2 is 1.94 bits per heavy atom. The summed E-state index contributed by atoms with van der Waals surface area (Å²) in [4.78, 5) is 12.5. The Morgan fingerprint density at radius 3 is 2.58 bits per heavy atom. The number of allylic oxidation sites excluding steroid dienone is 1. The van der Waals surface area contributed by atoms with E-state index in [4.69, 9.17) is 4.74 Å². The van der Waals surface area contributed by atoms with Crippen LogP contribution in [0.25, 0.3) is 0 Å². The van der Waals surface area contributed by atoms with Crippen molar-refractivity contribution in [1.29, 1.82) is 0 Å². The minimum Gasteiger partial charge on any atom is -0.462 e. The molecule has 31 heavy (non-hydrogen) atoms. The van der Waals surface area contributed by atoms with Crippen molar-refractivity contribution in [3.05, 3.63) is 11.6 Å². The van der Waals surface area contributed by atoms with Crippen LogP contribution in [0.4, 0.5) is 0 Å². The zero-order valence-electron chi connectivity index (χ0n) is 20.0. The van der Waals surface area contributed by atoms with E-state index >= 15 is 0 Å². The zero-order valence-corrected chi connectivity index (χ0v) is 20.0. The molecule has 5 heteroatoms. The maximum absolute atomic E-state index is 12.5. The van der Waals surface area contributed by atoms with E-state index in [0.717, 1.165) is 50.5 Å². The summed E-state index contributed by atoms with van der Waals surface area (Å²) in [7, 11) is 0. The predicted octanol–water partition coefficient (Wildman–Crippen LogP) is 3.99. The Morgan fingerprint density at radius 1 is 1.23 bits per heavy atom. The second-order valence-electron chi connectivity index (χ2n) is 12.3. The topological polar surface area (TPSA) is 87.0 Å². The van der Waals surface area contributed by atoms with Crippen molar-refractivity contribution in [2.45, 2.75) is 104 Å². The summed E-state index contributed by atoms with van der Waals surface area (Å²) in [6, 6.07) is 0. The molecule has 0 radical (unpaired) electrons. The van der Waals surface area contributed by atoms with Crippen molar-refractivity contribution in [2.75, 3.05) is 6.61 Å². The number of hydrogen-bond donors (Lipinski definition) is 3. The number of esters is 1. The fourth-order valence-corrected chi connectivity index (χ4v) is 7.82. The van der Waals surface area contributed by atoms with Crippen LogP contribution in [0.2, 0.25) is 0 Å². The van der Waals surface area contributed by atoms with Crippen LogP contribution >= 0.6 is 0 Å². The summed E-state index contributed by atoms with van der Waals surface area (Å²) < 4.78 is 5.90. The molecule has 4 rings (SSSR count). The van der Waals surface area contributed by atoms with Crippen LogP contribution in [0.3, 0.4) is 0 Å². The normalized spacial score (nSPS) is 45.7. The highest BCUT2D eigenvalue weighted by atomic mass is 16.5. The molecule has 176 valence electrons. The summed E-state index contributed by atoms with van der Waals surface area (Å²) >= 11 is 0. The second kappa shape index (κ2) is 7.56.